The van der Waals surface area contributed by atoms with Crippen LogP contribution in [-0.4, -0.2) is 41.9 Å². The molecule has 1 amide bonds. The predicted octanol–water partition coefficient (Wildman–Crippen LogP) is 2.37. The van der Waals surface area contributed by atoms with Crippen molar-refractivity contribution in [1.82, 2.24) is 4.90 Å². The summed E-state index contributed by atoms with van der Waals surface area (Å²) in [5.74, 6) is -1.07. The van der Waals surface area contributed by atoms with Gasteiger partial charge >= 0.3 is 17.5 Å². The summed E-state index contributed by atoms with van der Waals surface area (Å²) in [5.41, 5.74) is -1.13. The number of hydrogen-bond acceptors (Lipinski definition) is 5. The maximum atomic E-state index is 12.6. The average Bonchev–Trinajstić information content (AvgIpc) is 2.51. The quantitative estimate of drug-likeness (QED) is 0.480. The van der Waals surface area contributed by atoms with Gasteiger partial charge in [-0.3, -0.25) is 4.79 Å². The first kappa shape index (κ1) is 15.6. The van der Waals surface area contributed by atoms with E-state index in [0.717, 1.165) is 32.1 Å². The van der Waals surface area contributed by atoms with Crippen molar-refractivity contribution in [2.24, 2.45) is 5.92 Å². The van der Waals surface area contributed by atoms with Crippen molar-refractivity contribution in [2.75, 3.05) is 20.3 Å². The molecule has 1 aliphatic carbocycles. The number of carbonyl (C=O) groups excluding carboxylic acids is 1. The maximum absolute atomic E-state index is 12.6. The Kier molecular flexibility index (Phi) is 4.68. The van der Waals surface area contributed by atoms with Gasteiger partial charge in [-0.05, 0) is 31.6 Å². The van der Waals surface area contributed by atoms with E-state index in [1.54, 1.807) is 4.90 Å². The van der Waals surface area contributed by atoms with E-state index in [-0.39, 0.29) is 5.92 Å². The van der Waals surface area contributed by atoms with Crippen LogP contribution in [0.4, 0.5) is 0 Å². The third-order valence-corrected chi connectivity index (χ3v) is 4.20. The Balaban J connectivity index is 2.32. The highest BCUT2D eigenvalue weighted by molar-refractivity contribution is 5.95. The zero-order chi connectivity index (χ0) is 15.5. The molecule has 1 saturated carbocycles. The Morgan fingerprint density at radius 2 is 2.10 bits per heavy atom. The summed E-state index contributed by atoms with van der Waals surface area (Å²) in [6.45, 7) is 3.11. The molecule has 1 aliphatic heterocycles. The monoisotopic (exact) mass is 296 g/mol. The summed E-state index contributed by atoms with van der Waals surface area (Å²) in [4.78, 5) is 17.1. The molecule has 0 aromatic heterocycles. The third-order valence-electron chi connectivity index (χ3n) is 4.20. The molecule has 0 bridgehead atoms. The van der Waals surface area contributed by atoms with E-state index < -0.39 is 23.3 Å². The van der Waals surface area contributed by atoms with Gasteiger partial charge in [-0.15, -0.1) is 0 Å². The Labute approximate surface area is 124 Å². The van der Waals surface area contributed by atoms with Gasteiger partial charge in [0.05, 0.1) is 13.7 Å². The summed E-state index contributed by atoms with van der Waals surface area (Å²) in [6, 6.07) is 0. The SMILES string of the molecule is CO/C(O)=C(/[N+]#N)C(=O)N1C[C@@H](C)COC12CCCCC2. The fraction of sp³-hybridized carbons (Fsp3) is 0.786. The Morgan fingerprint density at radius 1 is 1.43 bits per heavy atom. The van der Waals surface area contributed by atoms with E-state index in [1.807, 2.05) is 6.92 Å². The number of aliphatic hydroxyl groups excluding tert-OH is 1. The highest BCUT2D eigenvalue weighted by Gasteiger charge is 2.50. The molecule has 0 radical (unpaired) electrons. The first-order valence-corrected chi connectivity index (χ1v) is 7.32. The summed E-state index contributed by atoms with van der Waals surface area (Å²) in [6.07, 6.45) is 4.63. The van der Waals surface area contributed by atoms with Gasteiger partial charge in [0.15, 0.2) is 4.98 Å². The molecule has 1 spiro atoms. The van der Waals surface area contributed by atoms with Crippen LogP contribution in [-0.2, 0) is 14.3 Å². The Bertz CT molecular complexity index is 477. The molecule has 1 saturated heterocycles. The van der Waals surface area contributed by atoms with E-state index in [1.165, 1.54) is 7.11 Å². The van der Waals surface area contributed by atoms with Gasteiger partial charge in [-0.1, -0.05) is 13.3 Å². The molecule has 0 aromatic carbocycles. The first-order chi connectivity index (χ1) is 10.0. The van der Waals surface area contributed by atoms with E-state index in [2.05, 4.69) is 9.71 Å². The molecular formula is C14H22N3O4+. The molecule has 2 fully saturated rings. The Morgan fingerprint density at radius 3 is 2.67 bits per heavy atom. The molecule has 1 atom stereocenters. The fourth-order valence-corrected chi connectivity index (χ4v) is 3.09. The van der Waals surface area contributed by atoms with Crippen LogP contribution in [0.5, 0.6) is 0 Å². The molecule has 21 heavy (non-hydrogen) atoms. The second-order valence-electron chi connectivity index (χ2n) is 5.80. The molecular weight excluding hydrogens is 274 g/mol. The van der Waals surface area contributed by atoms with Crippen LogP contribution in [0.2, 0.25) is 0 Å². The number of ether oxygens (including phenoxy) is 2. The van der Waals surface area contributed by atoms with Crippen LogP contribution < -0.4 is 0 Å². The highest BCUT2D eigenvalue weighted by atomic mass is 16.6. The van der Waals surface area contributed by atoms with Crippen LogP contribution in [0.3, 0.4) is 0 Å². The number of amides is 1. The van der Waals surface area contributed by atoms with Gasteiger partial charge in [0.1, 0.15) is 5.72 Å². The lowest BCUT2D eigenvalue weighted by Gasteiger charge is -2.49. The maximum Gasteiger partial charge on any atom is 0.527 e. The largest absolute Gasteiger partial charge is 0.527 e. The van der Waals surface area contributed by atoms with Crippen molar-refractivity contribution in [3.8, 4) is 0 Å². The minimum absolute atomic E-state index is 0.186. The third kappa shape index (κ3) is 2.95. The summed E-state index contributed by atoms with van der Waals surface area (Å²) >= 11 is 0. The second kappa shape index (κ2) is 6.31. The van der Waals surface area contributed by atoms with Gasteiger partial charge in [0.2, 0.25) is 5.39 Å². The summed E-state index contributed by atoms with van der Waals surface area (Å²) < 4.78 is 10.6. The average molecular weight is 296 g/mol. The van der Waals surface area contributed by atoms with Gasteiger partial charge < -0.3 is 19.5 Å². The van der Waals surface area contributed by atoms with Gasteiger partial charge in [-0.25, -0.2) is 0 Å². The zero-order valence-corrected chi connectivity index (χ0v) is 12.5. The molecule has 7 heteroatoms. The van der Waals surface area contributed by atoms with Crippen LogP contribution in [0.1, 0.15) is 39.0 Å². The number of methoxy groups -OCH3 is 1. The van der Waals surface area contributed by atoms with Crippen molar-refractivity contribution in [3.63, 3.8) is 0 Å². The van der Waals surface area contributed by atoms with Gasteiger partial charge in [-0.2, -0.15) is 0 Å². The number of hydrogen-bond donors (Lipinski definition) is 1. The standard InChI is InChI=1S/C14H21N3O4/c1-10-8-17(12(18)11(16-15)13(19)20-2)14(21-9-10)6-4-3-5-7-14/h10H,3-9H2,1-2H3/p+1/t10-/m1/s1. The van der Waals surface area contributed by atoms with E-state index in [0.29, 0.717) is 13.2 Å². The number of diazo groups is 1. The molecule has 0 aromatic rings. The lowest BCUT2D eigenvalue weighted by molar-refractivity contribution is -0.215. The van der Waals surface area contributed by atoms with E-state index in [4.69, 9.17) is 10.1 Å². The lowest BCUT2D eigenvalue weighted by atomic mass is 9.87. The summed E-state index contributed by atoms with van der Waals surface area (Å²) in [5, 5.41) is 18.6. The lowest BCUT2D eigenvalue weighted by Crippen LogP contribution is -2.60. The number of carbonyl (C=O) groups is 1. The van der Waals surface area contributed by atoms with E-state index >= 15 is 0 Å². The smallest absolute Gasteiger partial charge is 0.475 e. The molecule has 2 rings (SSSR count). The topological polar surface area (TPSA) is 87.2 Å². The van der Waals surface area contributed by atoms with Crippen molar-refractivity contribution in [3.05, 3.63) is 16.6 Å². The van der Waals surface area contributed by atoms with Crippen LogP contribution in [0, 0.1) is 11.3 Å². The normalized spacial score (nSPS) is 26.0. The number of rotatable bonds is 2. The number of aliphatic hydroxyl groups is 1. The second-order valence-corrected chi connectivity index (χ2v) is 5.80. The minimum atomic E-state index is -0.688. The van der Waals surface area contributed by atoms with Crippen molar-refractivity contribution in [1.29, 1.82) is 5.39 Å². The molecule has 7 nitrogen and oxygen atoms in total. The van der Waals surface area contributed by atoms with Gasteiger partial charge in [0, 0.05) is 6.54 Å². The summed E-state index contributed by atoms with van der Waals surface area (Å²) in [7, 11) is 1.21. The molecule has 1 N–H and O–H groups in total. The number of nitrogens with zero attached hydrogens (tertiary/aromatic N) is 3. The Hall–Kier alpha value is -1.81. The molecule has 2 aliphatic rings. The first-order valence-electron chi connectivity index (χ1n) is 7.32. The molecule has 0 unspecified atom stereocenters. The van der Waals surface area contributed by atoms with Crippen molar-refractivity contribution in [2.45, 2.75) is 44.8 Å². The van der Waals surface area contributed by atoms with Crippen LogP contribution >= 0.6 is 0 Å². The van der Waals surface area contributed by atoms with Crippen LogP contribution in [0.15, 0.2) is 11.6 Å². The van der Waals surface area contributed by atoms with Gasteiger partial charge in [0.25, 0.3) is 0 Å². The molecule has 116 valence electrons. The van der Waals surface area contributed by atoms with Crippen LogP contribution in [0.25, 0.3) is 4.98 Å². The van der Waals surface area contributed by atoms with Crippen molar-refractivity contribution < 1.29 is 19.4 Å². The van der Waals surface area contributed by atoms with E-state index in [9.17, 15) is 9.90 Å². The predicted molar refractivity (Wildman–Crippen MR) is 74.4 cm³/mol. The van der Waals surface area contributed by atoms with Crippen molar-refractivity contribution >= 4 is 5.91 Å². The molecule has 1 heterocycles. The highest BCUT2D eigenvalue weighted by Crippen LogP contribution is 2.39. The zero-order valence-electron chi connectivity index (χ0n) is 12.5. The minimum Gasteiger partial charge on any atom is -0.475 e. The fourth-order valence-electron chi connectivity index (χ4n) is 3.09.